The van der Waals surface area contributed by atoms with E-state index in [0.29, 0.717) is 0 Å². The van der Waals surface area contributed by atoms with E-state index in [1.54, 1.807) is 36.0 Å². The third-order valence-electron chi connectivity index (χ3n) is 4.01. The first-order valence-corrected chi connectivity index (χ1v) is 9.08. The Kier molecular flexibility index (Phi) is 6.03. The van der Waals surface area contributed by atoms with Crippen molar-refractivity contribution in [2.45, 2.75) is 53.5 Å². The summed E-state index contributed by atoms with van der Waals surface area (Å²) in [6.45, 7) is 11.3. The lowest BCUT2D eigenvalue weighted by Crippen LogP contribution is -2.47. The lowest BCUT2D eigenvalue weighted by molar-refractivity contribution is -0.126. The van der Waals surface area contributed by atoms with Crippen LogP contribution in [-0.4, -0.2) is 28.6 Å². The average Bonchev–Trinajstić information content (AvgIpc) is 3.16. The number of furan rings is 1. The Morgan fingerprint density at radius 1 is 1.21 bits per heavy atom. The SMILES string of the molecule is Cc1oc(-n2cccc2)c(C#N)c1C(=O)OCC(=O)NC(C)(C)CC(C)(C)C. The van der Waals surface area contributed by atoms with Gasteiger partial charge in [0.2, 0.25) is 5.88 Å². The van der Waals surface area contributed by atoms with Gasteiger partial charge in [0.15, 0.2) is 6.61 Å². The van der Waals surface area contributed by atoms with Crippen molar-refractivity contribution >= 4 is 11.9 Å². The first kappa shape index (κ1) is 21.3. The summed E-state index contributed by atoms with van der Waals surface area (Å²) in [4.78, 5) is 24.7. The fraction of sp³-hybridized carbons (Fsp3) is 0.476. The maximum absolute atomic E-state index is 12.5. The Balaban J connectivity index is 2.08. The molecule has 28 heavy (non-hydrogen) atoms. The second kappa shape index (κ2) is 7.93. The number of esters is 1. The van der Waals surface area contributed by atoms with Crippen LogP contribution in [0.1, 0.15) is 62.7 Å². The zero-order chi connectivity index (χ0) is 21.1. The number of aryl methyl sites for hydroxylation is 1. The van der Waals surface area contributed by atoms with Crippen LogP contribution in [0.15, 0.2) is 28.9 Å². The molecule has 0 saturated carbocycles. The summed E-state index contributed by atoms with van der Waals surface area (Å²) in [5, 5.41) is 12.4. The van der Waals surface area contributed by atoms with E-state index in [9.17, 15) is 14.9 Å². The van der Waals surface area contributed by atoms with Gasteiger partial charge in [0.25, 0.3) is 5.91 Å². The molecule has 0 radical (unpaired) electrons. The standard InChI is InChI=1S/C21H27N3O4/c1-14-17(15(11-22)18(28-14)24-9-7-8-10-24)19(26)27-12-16(25)23-21(5,6)13-20(2,3)4/h7-10H,12-13H2,1-6H3,(H,23,25). The van der Waals surface area contributed by atoms with E-state index in [0.717, 1.165) is 6.42 Å². The van der Waals surface area contributed by atoms with Crippen molar-refractivity contribution in [3.63, 3.8) is 0 Å². The summed E-state index contributed by atoms with van der Waals surface area (Å²) in [5.74, 6) is -0.653. The molecule has 0 aliphatic carbocycles. The fourth-order valence-electron chi connectivity index (χ4n) is 3.52. The van der Waals surface area contributed by atoms with Gasteiger partial charge in [-0.05, 0) is 44.7 Å². The molecule has 2 aromatic heterocycles. The van der Waals surface area contributed by atoms with E-state index in [-0.39, 0.29) is 28.2 Å². The zero-order valence-corrected chi connectivity index (χ0v) is 17.3. The first-order valence-electron chi connectivity index (χ1n) is 9.08. The van der Waals surface area contributed by atoms with Crippen LogP contribution in [0, 0.1) is 23.7 Å². The second-order valence-corrected chi connectivity index (χ2v) is 8.66. The van der Waals surface area contributed by atoms with Crippen LogP contribution in [0.25, 0.3) is 5.88 Å². The molecule has 0 aromatic carbocycles. The molecule has 150 valence electrons. The topological polar surface area (TPSA) is 97.3 Å². The Bertz CT molecular complexity index is 893. The lowest BCUT2D eigenvalue weighted by Gasteiger charge is -2.33. The van der Waals surface area contributed by atoms with Gasteiger partial charge in [0.1, 0.15) is 23.0 Å². The van der Waals surface area contributed by atoms with Gasteiger partial charge in [-0.1, -0.05) is 20.8 Å². The maximum Gasteiger partial charge on any atom is 0.343 e. The lowest BCUT2D eigenvalue weighted by atomic mass is 9.82. The predicted octanol–water partition coefficient (Wildman–Crippen LogP) is 3.74. The molecule has 0 aliphatic heterocycles. The third-order valence-corrected chi connectivity index (χ3v) is 4.01. The smallest absolute Gasteiger partial charge is 0.343 e. The average molecular weight is 385 g/mol. The fourth-order valence-corrected chi connectivity index (χ4v) is 3.52. The van der Waals surface area contributed by atoms with Gasteiger partial charge in [0, 0.05) is 17.9 Å². The van der Waals surface area contributed by atoms with Crippen LogP contribution in [0.2, 0.25) is 0 Å². The summed E-state index contributed by atoms with van der Waals surface area (Å²) in [6.07, 6.45) is 4.18. The highest BCUT2D eigenvalue weighted by molar-refractivity contribution is 5.95. The molecule has 7 heteroatoms. The van der Waals surface area contributed by atoms with E-state index >= 15 is 0 Å². The molecule has 7 nitrogen and oxygen atoms in total. The largest absolute Gasteiger partial charge is 0.452 e. The zero-order valence-electron chi connectivity index (χ0n) is 17.3. The molecule has 2 heterocycles. The van der Waals surface area contributed by atoms with Gasteiger partial charge in [-0.3, -0.25) is 9.36 Å². The van der Waals surface area contributed by atoms with Gasteiger partial charge in [-0.25, -0.2) is 4.79 Å². The Morgan fingerprint density at radius 2 is 1.82 bits per heavy atom. The van der Waals surface area contributed by atoms with Crippen LogP contribution < -0.4 is 5.32 Å². The Morgan fingerprint density at radius 3 is 2.36 bits per heavy atom. The number of carbonyl (C=O) groups excluding carboxylic acids is 2. The highest BCUT2D eigenvalue weighted by Crippen LogP contribution is 2.27. The van der Waals surface area contributed by atoms with E-state index in [2.05, 4.69) is 26.1 Å². The van der Waals surface area contributed by atoms with E-state index in [1.165, 1.54) is 0 Å². The summed E-state index contributed by atoms with van der Waals surface area (Å²) in [5.41, 5.74) is -0.287. The van der Waals surface area contributed by atoms with Crippen molar-refractivity contribution in [2.24, 2.45) is 5.41 Å². The number of aromatic nitrogens is 1. The number of nitrogens with zero attached hydrogens (tertiary/aromatic N) is 2. The van der Waals surface area contributed by atoms with Gasteiger partial charge in [0.05, 0.1) is 0 Å². The molecule has 0 saturated heterocycles. The van der Waals surface area contributed by atoms with Crippen molar-refractivity contribution in [1.82, 2.24) is 9.88 Å². The third kappa shape index (κ3) is 5.26. The minimum Gasteiger partial charge on any atom is -0.452 e. The van der Waals surface area contributed by atoms with Crippen molar-refractivity contribution in [2.75, 3.05) is 6.61 Å². The molecular formula is C21H27N3O4. The Hall–Kier alpha value is -3.01. The van der Waals surface area contributed by atoms with Crippen molar-refractivity contribution in [3.8, 4) is 12.0 Å². The van der Waals surface area contributed by atoms with Crippen LogP contribution in [-0.2, 0) is 9.53 Å². The molecule has 1 N–H and O–H groups in total. The molecule has 1 amide bonds. The minimum absolute atomic E-state index is 0.0351. The monoisotopic (exact) mass is 385 g/mol. The summed E-state index contributed by atoms with van der Waals surface area (Å²) in [7, 11) is 0. The first-order chi connectivity index (χ1) is 12.9. The molecule has 0 aliphatic rings. The summed E-state index contributed by atoms with van der Waals surface area (Å²) >= 11 is 0. The van der Waals surface area contributed by atoms with Crippen LogP contribution >= 0.6 is 0 Å². The molecule has 0 atom stereocenters. The second-order valence-electron chi connectivity index (χ2n) is 8.66. The van der Waals surface area contributed by atoms with Gasteiger partial charge < -0.3 is 14.5 Å². The molecular weight excluding hydrogens is 358 g/mol. The molecule has 0 bridgehead atoms. The normalized spacial score (nSPS) is 11.8. The van der Waals surface area contributed by atoms with Gasteiger partial charge in [-0.2, -0.15) is 5.26 Å². The summed E-state index contributed by atoms with van der Waals surface area (Å²) < 4.78 is 12.3. The number of rotatable bonds is 6. The molecule has 2 aromatic rings. The number of nitriles is 1. The van der Waals surface area contributed by atoms with Crippen molar-refractivity contribution in [3.05, 3.63) is 41.4 Å². The Labute approximate surface area is 165 Å². The highest BCUT2D eigenvalue weighted by atomic mass is 16.5. The van der Waals surface area contributed by atoms with Crippen LogP contribution in [0.3, 0.4) is 0 Å². The molecule has 2 rings (SSSR count). The maximum atomic E-state index is 12.5. The van der Waals surface area contributed by atoms with Crippen molar-refractivity contribution < 1.29 is 18.7 Å². The number of hydrogen-bond acceptors (Lipinski definition) is 5. The van der Waals surface area contributed by atoms with E-state index in [1.807, 2.05) is 19.9 Å². The highest BCUT2D eigenvalue weighted by Gasteiger charge is 2.29. The number of nitrogens with one attached hydrogen (secondary N) is 1. The molecule has 0 fully saturated rings. The van der Waals surface area contributed by atoms with Crippen LogP contribution in [0.5, 0.6) is 0 Å². The number of ether oxygens (including phenoxy) is 1. The minimum atomic E-state index is -0.764. The quantitative estimate of drug-likeness (QED) is 0.764. The van der Waals surface area contributed by atoms with E-state index in [4.69, 9.17) is 9.15 Å². The van der Waals surface area contributed by atoms with Crippen LogP contribution in [0.4, 0.5) is 0 Å². The number of carbonyl (C=O) groups is 2. The number of hydrogen-bond donors (Lipinski definition) is 1. The summed E-state index contributed by atoms with van der Waals surface area (Å²) in [6, 6.07) is 5.55. The van der Waals surface area contributed by atoms with Gasteiger partial charge >= 0.3 is 5.97 Å². The van der Waals surface area contributed by atoms with E-state index < -0.39 is 24.0 Å². The van der Waals surface area contributed by atoms with Crippen molar-refractivity contribution in [1.29, 1.82) is 5.26 Å². The number of amides is 1. The predicted molar refractivity (Wildman–Crippen MR) is 104 cm³/mol. The molecule has 0 spiro atoms. The van der Waals surface area contributed by atoms with Gasteiger partial charge in [-0.15, -0.1) is 0 Å². The molecule has 0 unspecified atom stereocenters.